The maximum atomic E-state index is 12.6. The largest absolute Gasteiger partial charge is 0.493 e. The Hall–Kier alpha value is -3.59. The van der Waals surface area contributed by atoms with Gasteiger partial charge in [0.1, 0.15) is 10.8 Å². The predicted octanol–water partition coefficient (Wildman–Crippen LogP) is 5.35. The number of carbonyl (C=O) groups excluding carboxylic acids is 1. The second kappa shape index (κ2) is 11.7. The minimum Gasteiger partial charge on any atom is -0.493 e. The molecule has 35 heavy (non-hydrogen) atoms. The van der Waals surface area contributed by atoms with E-state index < -0.39 is 5.91 Å². The van der Waals surface area contributed by atoms with Crippen molar-refractivity contribution in [3.63, 3.8) is 0 Å². The van der Waals surface area contributed by atoms with Crippen molar-refractivity contribution in [3.8, 4) is 17.2 Å². The van der Waals surface area contributed by atoms with Crippen molar-refractivity contribution in [2.75, 3.05) is 20.3 Å². The molecule has 0 radical (unpaired) electrons. The molecule has 2 heterocycles. The number of methoxy groups -OCH3 is 1. The number of rotatable bonds is 11. The molecule has 2 aromatic carbocycles. The van der Waals surface area contributed by atoms with Gasteiger partial charge in [0.25, 0.3) is 5.91 Å². The van der Waals surface area contributed by atoms with E-state index in [9.17, 15) is 4.79 Å². The van der Waals surface area contributed by atoms with Crippen LogP contribution in [0.5, 0.6) is 17.2 Å². The van der Waals surface area contributed by atoms with Crippen LogP contribution in [0.15, 0.2) is 64.2 Å². The summed E-state index contributed by atoms with van der Waals surface area (Å²) in [5, 5.41) is 15.8. The van der Waals surface area contributed by atoms with E-state index in [0.29, 0.717) is 42.1 Å². The Balaban J connectivity index is 1.35. The molecule has 0 saturated carbocycles. The molecule has 2 aromatic rings. The van der Waals surface area contributed by atoms with Crippen LogP contribution in [0.2, 0.25) is 0 Å². The van der Waals surface area contributed by atoms with Gasteiger partial charge in [0, 0.05) is 6.42 Å². The summed E-state index contributed by atoms with van der Waals surface area (Å²) < 4.78 is 16.9. The third kappa shape index (κ3) is 6.10. The Bertz CT molecular complexity index is 1190. The van der Waals surface area contributed by atoms with Gasteiger partial charge in [-0.25, -0.2) is 0 Å². The van der Waals surface area contributed by atoms with E-state index in [1.165, 1.54) is 16.8 Å². The molecule has 182 valence electrons. The molecule has 0 unspecified atom stereocenters. The molecule has 0 fully saturated rings. The average Bonchev–Trinajstić information content (AvgIpc) is 3.28. The molecule has 8 nitrogen and oxygen atoms in total. The molecule has 0 atom stereocenters. The number of para-hydroxylation sites is 2. The minimum atomic E-state index is -0.430. The Morgan fingerprint density at radius 3 is 2.66 bits per heavy atom. The van der Waals surface area contributed by atoms with E-state index in [1.54, 1.807) is 13.2 Å². The Morgan fingerprint density at radius 1 is 1.06 bits per heavy atom. The first-order chi connectivity index (χ1) is 17.1. The zero-order valence-electron chi connectivity index (χ0n) is 19.8. The SMILES string of the molecule is CCCCC1=NN2C(=N)/C(=C/c3cccc(OCCCOc4ccccc4OC)c3)C(=O)N=C2S1. The van der Waals surface area contributed by atoms with Crippen molar-refractivity contribution in [3.05, 3.63) is 59.7 Å². The number of hydrogen-bond acceptors (Lipinski definition) is 7. The fraction of sp³-hybridized carbons (Fsp3) is 0.308. The third-order valence-electron chi connectivity index (χ3n) is 5.29. The van der Waals surface area contributed by atoms with Gasteiger partial charge in [0.05, 0.1) is 25.9 Å². The summed E-state index contributed by atoms with van der Waals surface area (Å²) >= 11 is 1.37. The first kappa shape index (κ1) is 24.5. The Labute approximate surface area is 209 Å². The molecule has 0 spiro atoms. The van der Waals surface area contributed by atoms with Crippen LogP contribution >= 0.6 is 11.8 Å². The number of amidine groups is 2. The van der Waals surface area contributed by atoms with E-state index in [0.717, 1.165) is 29.9 Å². The minimum absolute atomic E-state index is 0.0406. The van der Waals surface area contributed by atoms with Crippen LogP contribution in [0, 0.1) is 5.41 Å². The number of amides is 1. The maximum absolute atomic E-state index is 12.6. The number of thioether (sulfide) groups is 1. The smallest absolute Gasteiger partial charge is 0.283 e. The third-order valence-corrected chi connectivity index (χ3v) is 6.26. The first-order valence-electron chi connectivity index (χ1n) is 11.6. The Kier molecular flexibility index (Phi) is 8.20. The summed E-state index contributed by atoms with van der Waals surface area (Å²) in [6, 6.07) is 14.9. The van der Waals surface area contributed by atoms with Gasteiger partial charge in [-0.2, -0.15) is 15.1 Å². The highest BCUT2D eigenvalue weighted by atomic mass is 32.2. The number of hydrogen-bond donors (Lipinski definition) is 1. The van der Waals surface area contributed by atoms with Crippen molar-refractivity contribution >= 4 is 39.8 Å². The van der Waals surface area contributed by atoms with Gasteiger partial charge in [-0.3, -0.25) is 10.2 Å². The molecular formula is C26H28N4O4S. The van der Waals surface area contributed by atoms with Gasteiger partial charge in [0.15, 0.2) is 17.3 Å². The lowest BCUT2D eigenvalue weighted by Gasteiger charge is -2.20. The maximum Gasteiger partial charge on any atom is 0.283 e. The van der Waals surface area contributed by atoms with E-state index in [2.05, 4.69) is 17.0 Å². The van der Waals surface area contributed by atoms with Crippen LogP contribution < -0.4 is 14.2 Å². The summed E-state index contributed by atoms with van der Waals surface area (Å²) in [5.74, 6) is 1.68. The molecule has 0 saturated heterocycles. The van der Waals surface area contributed by atoms with Crippen LogP contribution in [-0.4, -0.2) is 47.3 Å². The number of nitrogens with zero attached hydrogens (tertiary/aromatic N) is 3. The average molecular weight is 493 g/mol. The van der Waals surface area contributed by atoms with Crippen LogP contribution in [0.1, 0.15) is 38.2 Å². The number of benzene rings is 2. The molecule has 4 rings (SSSR count). The fourth-order valence-electron chi connectivity index (χ4n) is 3.49. The number of carbonyl (C=O) groups is 1. The fourth-order valence-corrected chi connectivity index (χ4v) is 4.42. The summed E-state index contributed by atoms with van der Waals surface area (Å²) in [6.07, 6.45) is 5.24. The summed E-state index contributed by atoms with van der Waals surface area (Å²) in [5.41, 5.74) is 0.957. The normalized spacial score (nSPS) is 16.2. The zero-order valence-corrected chi connectivity index (χ0v) is 20.6. The predicted molar refractivity (Wildman–Crippen MR) is 140 cm³/mol. The van der Waals surface area contributed by atoms with E-state index in [-0.39, 0.29) is 11.4 Å². The number of hydrazone groups is 1. The lowest BCUT2D eigenvalue weighted by molar-refractivity contribution is -0.114. The van der Waals surface area contributed by atoms with Crippen molar-refractivity contribution in [1.82, 2.24) is 5.01 Å². The highest BCUT2D eigenvalue weighted by Crippen LogP contribution is 2.30. The van der Waals surface area contributed by atoms with E-state index in [4.69, 9.17) is 19.6 Å². The van der Waals surface area contributed by atoms with E-state index in [1.807, 2.05) is 48.5 Å². The second-order valence-corrected chi connectivity index (χ2v) is 8.93. The molecule has 1 amide bonds. The number of ether oxygens (including phenoxy) is 3. The molecule has 0 bridgehead atoms. The van der Waals surface area contributed by atoms with Gasteiger partial charge in [-0.1, -0.05) is 37.6 Å². The number of fused-ring (bicyclic) bond motifs is 1. The van der Waals surface area contributed by atoms with Crippen molar-refractivity contribution < 1.29 is 19.0 Å². The number of nitrogens with one attached hydrogen (secondary N) is 1. The molecule has 2 aliphatic rings. The zero-order chi connectivity index (χ0) is 24.6. The van der Waals surface area contributed by atoms with Gasteiger partial charge >= 0.3 is 0 Å². The lowest BCUT2D eigenvalue weighted by atomic mass is 10.1. The number of aliphatic imine (C=N–C) groups is 1. The molecule has 0 aromatic heterocycles. The van der Waals surface area contributed by atoms with Crippen molar-refractivity contribution in [1.29, 1.82) is 5.41 Å². The van der Waals surface area contributed by atoms with E-state index >= 15 is 0 Å². The highest BCUT2D eigenvalue weighted by molar-refractivity contribution is 8.26. The van der Waals surface area contributed by atoms with Crippen LogP contribution in [-0.2, 0) is 4.79 Å². The van der Waals surface area contributed by atoms with Crippen molar-refractivity contribution in [2.45, 2.75) is 32.6 Å². The standard InChI is InChI=1S/C26H28N4O4S/c1-3-4-13-23-29-30-24(27)20(25(31)28-26(30)35-23)17-18-9-7-10-19(16-18)33-14-8-15-34-22-12-6-5-11-21(22)32-2/h5-7,9-12,16-17,27H,3-4,8,13-15H2,1-2H3/b20-17-,27-24?. The Morgan fingerprint density at radius 2 is 1.86 bits per heavy atom. The topological polar surface area (TPSA) is 96.6 Å². The monoisotopic (exact) mass is 492 g/mol. The summed E-state index contributed by atoms with van der Waals surface area (Å²) in [6.45, 7) is 3.08. The van der Waals surface area contributed by atoms with Gasteiger partial charge in [0.2, 0.25) is 5.17 Å². The van der Waals surface area contributed by atoms with Gasteiger partial charge < -0.3 is 14.2 Å². The van der Waals surface area contributed by atoms with Gasteiger partial charge in [-0.15, -0.1) is 0 Å². The van der Waals surface area contributed by atoms with Crippen LogP contribution in [0.3, 0.4) is 0 Å². The lowest BCUT2D eigenvalue weighted by Crippen LogP contribution is -2.35. The molecular weight excluding hydrogens is 464 g/mol. The summed E-state index contributed by atoms with van der Waals surface area (Å²) in [4.78, 5) is 16.8. The molecule has 0 aliphatic carbocycles. The van der Waals surface area contributed by atoms with Crippen LogP contribution in [0.4, 0.5) is 0 Å². The molecule has 9 heteroatoms. The number of unbranched alkanes of at least 4 members (excludes halogenated alkanes) is 1. The van der Waals surface area contributed by atoms with Gasteiger partial charge in [-0.05, 0) is 60.5 Å². The summed E-state index contributed by atoms with van der Waals surface area (Å²) in [7, 11) is 1.61. The quantitative estimate of drug-likeness (QED) is 0.335. The molecule has 1 N–H and O–H groups in total. The second-order valence-electron chi connectivity index (χ2n) is 7.89. The van der Waals surface area contributed by atoms with Crippen LogP contribution in [0.25, 0.3) is 6.08 Å². The highest BCUT2D eigenvalue weighted by Gasteiger charge is 2.35. The van der Waals surface area contributed by atoms with Crippen molar-refractivity contribution in [2.24, 2.45) is 10.1 Å². The molecule has 2 aliphatic heterocycles. The first-order valence-corrected chi connectivity index (χ1v) is 12.4.